The predicted octanol–water partition coefficient (Wildman–Crippen LogP) is 2.85. The summed E-state index contributed by atoms with van der Waals surface area (Å²) in [5.74, 6) is -0.969. The smallest absolute Gasteiger partial charge is 0.261 e. The normalized spacial score (nSPS) is 16.8. The van der Waals surface area contributed by atoms with Crippen LogP contribution in [-0.2, 0) is 10.0 Å². The fourth-order valence-corrected chi connectivity index (χ4v) is 5.79. The summed E-state index contributed by atoms with van der Waals surface area (Å²) in [6, 6.07) is 9.67. The average Bonchev–Trinajstić information content (AvgIpc) is 3.07. The summed E-state index contributed by atoms with van der Waals surface area (Å²) in [5, 5.41) is 0. The van der Waals surface area contributed by atoms with Crippen molar-refractivity contribution in [2.45, 2.75) is 38.5 Å². The van der Waals surface area contributed by atoms with Crippen molar-refractivity contribution in [2.24, 2.45) is 0 Å². The lowest BCUT2D eigenvalue weighted by molar-refractivity contribution is 0.0651. The summed E-state index contributed by atoms with van der Waals surface area (Å²) >= 11 is 0. The van der Waals surface area contributed by atoms with E-state index in [9.17, 15) is 22.8 Å². The van der Waals surface area contributed by atoms with Crippen LogP contribution in [0.5, 0.6) is 0 Å². The van der Waals surface area contributed by atoms with Gasteiger partial charge in [0.2, 0.25) is 10.0 Å². The SMILES string of the molecule is CCCCN1C(=O)c2ccc(C(=O)N3CCN(S(=O)(=O)c4ccc(C)c(C)c4)CC3)cc2C1=O. The second-order valence-corrected chi connectivity index (χ2v) is 10.8. The molecule has 0 N–H and O–H groups in total. The molecule has 1 fully saturated rings. The molecule has 0 aliphatic carbocycles. The molecule has 2 aliphatic heterocycles. The molecule has 0 spiro atoms. The molecule has 0 aromatic heterocycles. The Balaban J connectivity index is 1.45. The van der Waals surface area contributed by atoms with Crippen molar-refractivity contribution in [1.29, 1.82) is 0 Å². The first-order chi connectivity index (χ1) is 16.1. The summed E-state index contributed by atoms with van der Waals surface area (Å²) in [4.78, 5) is 41.4. The van der Waals surface area contributed by atoms with Gasteiger partial charge in [0.25, 0.3) is 17.7 Å². The molecule has 0 atom stereocenters. The van der Waals surface area contributed by atoms with Crippen molar-refractivity contribution in [3.63, 3.8) is 0 Å². The van der Waals surface area contributed by atoms with E-state index in [1.807, 2.05) is 20.8 Å². The van der Waals surface area contributed by atoms with E-state index in [-0.39, 0.29) is 54.4 Å². The summed E-state index contributed by atoms with van der Waals surface area (Å²) in [6.45, 7) is 7.03. The molecule has 0 saturated carbocycles. The first kappa shape index (κ1) is 24.1. The van der Waals surface area contributed by atoms with Crippen molar-refractivity contribution in [3.8, 4) is 0 Å². The van der Waals surface area contributed by atoms with Gasteiger partial charge in [0.1, 0.15) is 0 Å². The van der Waals surface area contributed by atoms with Crippen LogP contribution < -0.4 is 0 Å². The lowest BCUT2D eigenvalue weighted by Crippen LogP contribution is -2.50. The van der Waals surface area contributed by atoms with Gasteiger partial charge in [-0.3, -0.25) is 19.3 Å². The quantitative estimate of drug-likeness (QED) is 0.589. The number of carbonyl (C=O) groups excluding carboxylic acids is 3. The molecule has 0 radical (unpaired) electrons. The molecule has 2 aromatic rings. The number of carbonyl (C=O) groups is 3. The van der Waals surface area contributed by atoms with E-state index >= 15 is 0 Å². The molecule has 8 nitrogen and oxygen atoms in total. The first-order valence-electron chi connectivity index (χ1n) is 11.5. The number of imide groups is 1. The van der Waals surface area contributed by atoms with Crippen LogP contribution in [0.25, 0.3) is 0 Å². The Hall–Kier alpha value is -3.04. The summed E-state index contributed by atoms with van der Waals surface area (Å²) in [5.41, 5.74) is 2.83. The van der Waals surface area contributed by atoms with Crippen LogP contribution in [0, 0.1) is 13.8 Å². The molecule has 0 unspecified atom stereocenters. The summed E-state index contributed by atoms with van der Waals surface area (Å²) < 4.78 is 27.5. The van der Waals surface area contributed by atoms with Crippen molar-refractivity contribution in [3.05, 3.63) is 64.2 Å². The van der Waals surface area contributed by atoms with E-state index in [0.717, 1.165) is 24.0 Å². The van der Waals surface area contributed by atoms with Crippen LogP contribution >= 0.6 is 0 Å². The third kappa shape index (κ3) is 4.25. The van der Waals surface area contributed by atoms with Crippen molar-refractivity contribution in [2.75, 3.05) is 32.7 Å². The number of sulfonamides is 1. The number of hydrogen-bond acceptors (Lipinski definition) is 5. The molecule has 1 saturated heterocycles. The lowest BCUT2D eigenvalue weighted by Gasteiger charge is -2.34. The summed E-state index contributed by atoms with van der Waals surface area (Å²) in [7, 11) is -3.64. The molecule has 2 aliphatic rings. The maximum Gasteiger partial charge on any atom is 0.261 e. The van der Waals surface area contributed by atoms with Gasteiger partial charge in [0.15, 0.2) is 0 Å². The molecule has 2 aromatic carbocycles. The molecular formula is C25H29N3O5S. The number of aryl methyl sites for hydroxylation is 2. The Morgan fingerprint density at radius 1 is 0.882 bits per heavy atom. The van der Waals surface area contributed by atoms with E-state index in [2.05, 4.69) is 0 Å². The second-order valence-electron chi connectivity index (χ2n) is 8.82. The first-order valence-corrected chi connectivity index (χ1v) is 13.0. The predicted molar refractivity (Wildman–Crippen MR) is 127 cm³/mol. The van der Waals surface area contributed by atoms with Gasteiger partial charge < -0.3 is 4.90 Å². The Morgan fingerprint density at radius 2 is 1.56 bits per heavy atom. The number of unbranched alkanes of at least 4 members (excludes halogenated alkanes) is 1. The Labute approximate surface area is 200 Å². The number of benzene rings is 2. The molecule has 3 amide bonds. The second kappa shape index (κ2) is 9.31. The van der Waals surface area contributed by atoms with Crippen molar-refractivity contribution >= 4 is 27.7 Å². The fraction of sp³-hybridized carbons (Fsp3) is 0.400. The third-order valence-electron chi connectivity index (χ3n) is 6.59. The molecular weight excluding hydrogens is 454 g/mol. The Morgan fingerprint density at radius 3 is 2.21 bits per heavy atom. The Kier molecular flexibility index (Phi) is 6.60. The maximum atomic E-state index is 13.1. The minimum absolute atomic E-state index is 0.189. The van der Waals surface area contributed by atoms with E-state index in [0.29, 0.717) is 17.7 Å². The van der Waals surface area contributed by atoms with E-state index in [4.69, 9.17) is 0 Å². The van der Waals surface area contributed by atoms with Crippen LogP contribution in [-0.4, -0.2) is 73.0 Å². The minimum atomic E-state index is -3.64. The molecule has 0 bridgehead atoms. The largest absolute Gasteiger partial charge is 0.336 e. The minimum Gasteiger partial charge on any atom is -0.336 e. The van der Waals surface area contributed by atoms with E-state index in [1.165, 1.54) is 21.3 Å². The van der Waals surface area contributed by atoms with E-state index < -0.39 is 10.0 Å². The van der Waals surface area contributed by atoms with E-state index in [1.54, 1.807) is 29.2 Å². The zero-order valence-electron chi connectivity index (χ0n) is 19.7. The zero-order valence-corrected chi connectivity index (χ0v) is 20.5. The standard InChI is InChI=1S/C25H29N3O5S/c1-4-5-10-28-24(30)21-9-7-19(16-22(21)25(28)31)23(29)26-11-13-27(14-12-26)34(32,33)20-8-6-17(2)18(3)15-20/h6-9,15-16H,4-5,10-14H2,1-3H3. The van der Waals surface area contributed by atoms with Crippen LogP contribution in [0.4, 0.5) is 0 Å². The number of hydrogen-bond donors (Lipinski definition) is 0. The van der Waals surface area contributed by atoms with Crippen molar-refractivity contribution < 1.29 is 22.8 Å². The van der Waals surface area contributed by atoms with Gasteiger partial charge in [0.05, 0.1) is 16.0 Å². The van der Waals surface area contributed by atoms with Gasteiger partial charge in [0, 0.05) is 38.3 Å². The van der Waals surface area contributed by atoms with Crippen LogP contribution in [0.15, 0.2) is 41.3 Å². The number of rotatable bonds is 6. The zero-order chi connectivity index (χ0) is 24.6. The number of amides is 3. The van der Waals surface area contributed by atoms with Gasteiger partial charge in [-0.15, -0.1) is 0 Å². The molecule has 9 heteroatoms. The highest BCUT2D eigenvalue weighted by Gasteiger charge is 2.36. The van der Waals surface area contributed by atoms with Gasteiger partial charge >= 0.3 is 0 Å². The third-order valence-corrected chi connectivity index (χ3v) is 8.49. The molecule has 34 heavy (non-hydrogen) atoms. The van der Waals surface area contributed by atoms with Crippen LogP contribution in [0.3, 0.4) is 0 Å². The van der Waals surface area contributed by atoms with Crippen LogP contribution in [0.2, 0.25) is 0 Å². The highest BCUT2D eigenvalue weighted by molar-refractivity contribution is 7.89. The Bertz CT molecular complexity index is 1260. The highest BCUT2D eigenvalue weighted by atomic mass is 32.2. The van der Waals surface area contributed by atoms with Gasteiger partial charge in [-0.1, -0.05) is 19.4 Å². The lowest BCUT2D eigenvalue weighted by atomic mass is 10.0. The highest BCUT2D eigenvalue weighted by Crippen LogP contribution is 2.26. The number of piperazine rings is 1. The molecule has 2 heterocycles. The van der Waals surface area contributed by atoms with Crippen molar-refractivity contribution in [1.82, 2.24) is 14.1 Å². The van der Waals surface area contributed by atoms with Gasteiger partial charge in [-0.2, -0.15) is 4.31 Å². The monoisotopic (exact) mass is 483 g/mol. The van der Waals surface area contributed by atoms with Crippen LogP contribution in [0.1, 0.15) is 62.0 Å². The fourth-order valence-electron chi connectivity index (χ4n) is 4.28. The molecule has 180 valence electrons. The summed E-state index contributed by atoms with van der Waals surface area (Å²) in [6.07, 6.45) is 1.59. The number of fused-ring (bicyclic) bond motifs is 1. The molecule has 4 rings (SSSR count). The van der Waals surface area contributed by atoms with Gasteiger partial charge in [-0.25, -0.2) is 8.42 Å². The average molecular weight is 484 g/mol. The van der Waals surface area contributed by atoms with Gasteiger partial charge in [-0.05, 0) is 61.7 Å². The number of nitrogens with zero attached hydrogens (tertiary/aromatic N) is 3. The topological polar surface area (TPSA) is 95.1 Å². The maximum absolute atomic E-state index is 13.1.